The number of nitrogens with zero attached hydrogens (tertiary/aromatic N) is 3. The van der Waals surface area contributed by atoms with E-state index in [1.165, 1.54) is 12.1 Å². The molecule has 0 unspecified atom stereocenters. The van der Waals surface area contributed by atoms with Crippen LogP contribution in [0, 0.1) is 0 Å². The second-order valence-electron chi connectivity index (χ2n) is 3.45. The summed E-state index contributed by atoms with van der Waals surface area (Å²) < 4.78 is 37.1. The van der Waals surface area contributed by atoms with Crippen molar-refractivity contribution >= 4 is 11.9 Å². The molecule has 0 fully saturated rings. The number of rotatable bonds is 1. The van der Waals surface area contributed by atoms with Crippen molar-refractivity contribution in [2.24, 2.45) is 0 Å². The highest BCUT2D eigenvalue weighted by Gasteiger charge is 2.30. The second kappa shape index (κ2) is 4.13. The van der Waals surface area contributed by atoms with E-state index in [9.17, 15) is 13.2 Å². The van der Waals surface area contributed by atoms with Crippen LogP contribution in [-0.2, 0) is 6.18 Å². The summed E-state index contributed by atoms with van der Waals surface area (Å²) in [5.41, 5.74) is 10.4. The highest BCUT2D eigenvalue weighted by atomic mass is 19.4. The first-order valence-electron chi connectivity index (χ1n) is 4.81. The topological polar surface area (TPSA) is 90.7 Å². The molecule has 0 spiro atoms. The molecule has 1 heterocycles. The first kappa shape index (κ1) is 12.1. The van der Waals surface area contributed by atoms with Crippen LogP contribution < -0.4 is 11.5 Å². The Morgan fingerprint density at radius 1 is 0.833 bits per heavy atom. The van der Waals surface area contributed by atoms with Gasteiger partial charge in [0.2, 0.25) is 11.9 Å². The van der Waals surface area contributed by atoms with Crippen LogP contribution in [0.3, 0.4) is 0 Å². The van der Waals surface area contributed by atoms with Gasteiger partial charge in [-0.1, -0.05) is 12.1 Å². The van der Waals surface area contributed by atoms with E-state index in [0.717, 1.165) is 12.1 Å². The van der Waals surface area contributed by atoms with Gasteiger partial charge < -0.3 is 11.5 Å². The first-order valence-corrected chi connectivity index (χ1v) is 4.81. The van der Waals surface area contributed by atoms with Crippen LogP contribution in [0.2, 0.25) is 0 Å². The van der Waals surface area contributed by atoms with Crippen molar-refractivity contribution in [1.82, 2.24) is 15.0 Å². The molecule has 0 aliphatic carbocycles. The second-order valence-corrected chi connectivity index (χ2v) is 3.45. The predicted molar refractivity (Wildman–Crippen MR) is 59.1 cm³/mol. The molecule has 4 N–H and O–H groups in total. The van der Waals surface area contributed by atoms with Crippen molar-refractivity contribution < 1.29 is 13.2 Å². The fourth-order valence-corrected chi connectivity index (χ4v) is 1.35. The molecule has 2 rings (SSSR count). The maximum absolute atomic E-state index is 12.4. The Kier molecular flexibility index (Phi) is 2.77. The van der Waals surface area contributed by atoms with Crippen LogP contribution in [0.15, 0.2) is 24.3 Å². The minimum absolute atomic E-state index is 0.0857. The molecule has 5 nitrogen and oxygen atoms in total. The molecule has 1 aromatic carbocycles. The molecule has 18 heavy (non-hydrogen) atoms. The lowest BCUT2D eigenvalue weighted by molar-refractivity contribution is -0.137. The van der Waals surface area contributed by atoms with Gasteiger partial charge in [-0.2, -0.15) is 28.1 Å². The van der Waals surface area contributed by atoms with Crippen molar-refractivity contribution in [2.45, 2.75) is 6.18 Å². The van der Waals surface area contributed by atoms with E-state index in [-0.39, 0.29) is 17.7 Å². The zero-order valence-corrected chi connectivity index (χ0v) is 8.94. The summed E-state index contributed by atoms with van der Waals surface area (Å²) >= 11 is 0. The van der Waals surface area contributed by atoms with Gasteiger partial charge in [0.25, 0.3) is 0 Å². The zero-order chi connectivity index (χ0) is 13.3. The Morgan fingerprint density at radius 3 is 1.78 bits per heavy atom. The normalized spacial score (nSPS) is 11.5. The molecule has 0 radical (unpaired) electrons. The lowest BCUT2D eigenvalue weighted by atomic mass is 10.1. The predicted octanol–water partition coefficient (Wildman–Crippen LogP) is 1.72. The summed E-state index contributed by atoms with van der Waals surface area (Å²) in [5, 5.41) is 0. The van der Waals surface area contributed by atoms with Gasteiger partial charge in [-0.05, 0) is 12.1 Å². The summed E-state index contributed by atoms with van der Waals surface area (Å²) in [6.07, 6.45) is -4.38. The summed E-state index contributed by atoms with van der Waals surface area (Å²) in [4.78, 5) is 11.2. The van der Waals surface area contributed by atoms with Gasteiger partial charge in [-0.3, -0.25) is 0 Å². The van der Waals surface area contributed by atoms with Gasteiger partial charge in [0, 0.05) is 5.56 Å². The van der Waals surface area contributed by atoms with E-state index in [2.05, 4.69) is 15.0 Å². The highest BCUT2D eigenvalue weighted by molar-refractivity contribution is 5.57. The average Bonchev–Trinajstić information content (AvgIpc) is 2.27. The van der Waals surface area contributed by atoms with Crippen molar-refractivity contribution in [3.63, 3.8) is 0 Å². The summed E-state index contributed by atoms with van der Waals surface area (Å²) in [5.74, 6) is -0.0384. The smallest absolute Gasteiger partial charge is 0.368 e. The van der Waals surface area contributed by atoms with E-state index in [0.29, 0.717) is 5.56 Å². The van der Waals surface area contributed by atoms with Gasteiger partial charge >= 0.3 is 6.18 Å². The Labute approximate surface area is 99.7 Å². The molecule has 0 atom stereocenters. The minimum atomic E-state index is -4.38. The molecule has 0 saturated heterocycles. The average molecular weight is 255 g/mol. The van der Waals surface area contributed by atoms with Gasteiger partial charge in [0.1, 0.15) is 0 Å². The lowest BCUT2D eigenvalue weighted by Crippen LogP contribution is -2.06. The highest BCUT2D eigenvalue weighted by Crippen LogP contribution is 2.30. The number of nitrogen functional groups attached to an aromatic ring is 2. The third kappa shape index (κ3) is 2.47. The largest absolute Gasteiger partial charge is 0.416 e. The third-order valence-corrected chi connectivity index (χ3v) is 2.14. The standard InChI is InChI=1S/C10H8F3N5/c11-10(12,13)6-3-1-5(2-4-6)7-16-8(14)18-9(15)17-7/h1-4H,(H4,14,15,16,17,18). The third-order valence-electron chi connectivity index (χ3n) is 2.14. The van der Waals surface area contributed by atoms with Crippen LogP contribution in [0.1, 0.15) is 5.56 Å². The van der Waals surface area contributed by atoms with E-state index in [1.54, 1.807) is 0 Å². The van der Waals surface area contributed by atoms with Crippen molar-refractivity contribution in [3.8, 4) is 11.4 Å². The summed E-state index contributed by atoms with van der Waals surface area (Å²) in [6, 6.07) is 4.37. The number of hydrogen-bond acceptors (Lipinski definition) is 5. The van der Waals surface area contributed by atoms with Crippen LogP contribution in [-0.4, -0.2) is 15.0 Å². The molecule has 2 aromatic rings. The van der Waals surface area contributed by atoms with E-state index >= 15 is 0 Å². The Hall–Kier alpha value is -2.38. The number of nitrogens with two attached hydrogens (primary N) is 2. The molecule has 0 aliphatic heterocycles. The van der Waals surface area contributed by atoms with Crippen LogP contribution in [0.4, 0.5) is 25.1 Å². The zero-order valence-electron chi connectivity index (χ0n) is 8.94. The summed E-state index contributed by atoms with van der Waals surface area (Å²) in [6.45, 7) is 0. The fraction of sp³-hybridized carbons (Fsp3) is 0.100. The molecule has 0 amide bonds. The molecule has 0 saturated carbocycles. The monoisotopic (exact) mass is 255 g/mol. The van der Waals surface area contributed by atoms with Gasteiger partial charge in [-0.25, -0.2) is 0 Å². The molecule has 0 bridgehead atoms. The molecule has 0 aliphatic rings. The quantitative estimate of drug-likeness (QED) is 0.809. The van der Waals surface area contributed by atoms with E-state index < -0.39 is 11.7 Å². The number of alkyl halides is 3. The van der Waals surface area contributed by atoms with E-state index in [1.807, 2.05) is 0 Å². The van der Waals surface area contributed by atoms with Crippen LogP contribution >= 0.6 is 0 Å². The summed E-state index contributed by atoms with van der Waals surface area (Å²) in [7, 11) is 0. The maximum atomic E-state index is 12.4. The van der Waals surface area contributed by atoms with Crippen molar-refractivity contribution in [3.05, 3.63) is 29.8 Å². The number of anilines is 2. The number of aromatic nitrogens is 3. The number of hydrogen-bond donors (Lipinski definition) is 2. The Morgan fingerprint density at radius 2 is 1.33 bits per heavy atom. The number of halogens is 3. The Balaban J connectivity index is 2.40. The van der Waals surface area contributed by atoms with Gasteiger partial charge in [0.05, 0.1) is 5.56 Å². The molecular weight excluding hydrogens is 247 g/mol. The minimum Gasteiger partial charge on any atom is -0.368 e. The van der Waals surface area contributed by atoms with Crippen molar-refractivity contribution in [2.75, 3.05) is 11.5 Å². The first-order chi connectivity index (χ1) is 8.36. The SMILES string of the molecule is Nc1nc(N)nc(-c2ccc(C(F)(F)F)cc2)n1. The van der Waals surface area contributed by atoms with Crippen LogP contribution in [0.5, 0.6) is 0 Å². The van der Waals surface area contributed by atoms with E-state index in [4.69, 9.17) is 11.5 Å². The van der Waals surface area contributed by atoms with Crippen molar-refractivity contribution in [1.29, 1.82) is 0 Å². The van der Waals surface area contributed by atoms with Crippen LogP contribution in [0.25, 0.3) is 11.4 Å². The fourth-order valence-electron chi connectivity index (χ4n) is 1.35. The molecule has 8 heteroatoms. The molecule has 94 valence electrons. The Bertz CT molecular complexity index is 544. The molecular formula is C10H8F3N5. The molecule has 1 aromatic heterocycles. The lowest BCUT2D eigenvalue weighted by Gasteiger charge is -2.07. The number of benzene rings is 1. The van der Waals surface area contributed by atoms with Gasteiger partial charge in [-0.15, -0.1) is 0 Å². The maximum Gasteiger partial charge on any atom is 0.416 e. The van der Waals surface area contributed by atoms with Gasteiger partial charge in [0.15, 0.2) is 5.82 Å².